The highest BCUT2D eigenvalue weighted by molar-refractivity contribution is 5.96. The van der Waals surface area contributed by atoms with Crippen LogP contribution in [0.3, 0.4) is 0 Å². The third kappa shape index (κ3) is 4.62. The van der Waals surface area contributed by atoms with Gasteiger partial charge in [0.2, 0.25) is 0 Å². The number of anilines is 1. The van der Waals surface area contributed by atoms with Crippen LogP contribution in [-0.4, -0.2) is 47.7 Å². The fourth-order valence-electron chi connectivity index (χ4n) is 4.99. The smallest absolute Gasteiger partial charge is 0.411 e. The van der Waals surface area contributed by atoms with Gasteiger partial charge in [-0.15, -0.1) is 0 Å². The molecule has 7 nitrogen and oxygen atoms in total. The lowest BCUT2D eigenvalue weighted by Crippen LogP contribution is -2.40. The summed E-state index contributed by atoms with van der Waals surface area (Å²) in [6, 6.07) is 23.0. The van der Waals surface area contributed by atoms with Crippen molar-refractivity contribution in [1.29, 1.82) is 0 Å². The number of rotatable bonds is 5. The zero-order chi connectivity index (χ0) is 24.4. The largest absolute Gasteiger partial charge is 0.481 e. The first kappa shape index (κ1) is 22.7. The number of hydrogen-bond donors (Lipinski definition) is 2. The number of nitrogens with one attached hydrogen (secondary N) is 1. The van der Waals surface area contributed by atoms with Crippen LogP contribution in [0.5, 0.6) is 0 Å². The monoisotopic (exact) mass is 470 g/mol. The first-order valence-electron chi connectivity index (χ1n) is 11.8. The fourth-order valence-corrected chi connectivity index (χ4v) is 4.99. The van der Waals surface area contributed by atoms with Gasteiger partial charge in [-0.25, -0.2) is 4.79 Å². The Bertz CT molecular complexity index is 1230. The van der Waals surface area contributed by atoms with E-state index in [1.807, 2.05) is 24.3 Å². The molecule has 0 aromatic heterocycles. The molecule has 5 rings (SSSR count). The van der Waals surface area contributed by atoms with Gasteiger partial charge in [0.1, 0.15) is 6.61 Å². The summed E-state index contributed by atoms with van der Waals surface area (Å²) in [4.78, 5) is 38.3. The predicted octanol–water partition coefficient (Wildman–Crippen LogP) is 4.98. The lowest BCUT2D eigenvalue weighted by Gasteiger charge is -2.30. The van der Waals surface area contributed by atoms with Gasteiger partial charge in [0, 0.05) is 30.3 Å². The maximum atomic E-state index is 12.9. The van der Waals surface area contributed by atoms with E-state index in [1.54, 1.807) is 29.2 Å². The summed E-state index contributed by atoms with van der Waals surface area (Å²) in [6.45, 7) is 1.01. The van der Waals surface area contributed by atoms with E-state index in [1.165, 1.54) is 0 Å². The molecule has 1 fully saturated rings. The van der Waals surface area contributed by atoms with Crippen LogP contribution in [0.15, 0.2) is 72.8 Å². The van der Waals surface area contributed by atoms with Crippen LogP contribution in [0.25, 0.3) is 11.1 Å². The molecule has 35 heavy (non-hydrogen) atoms. The van der Waals surface area contributed by atoms with Crippen molar-refractivity contribution in [3.8, 4) is 11.1 Å². The van der Waals surface area contributed by atoms with Crippen molar-refractivity contribution in [3.63, 3.8) is 0 Å². The zero-order valence-corrected chi connectivity index (χ0v) is 19.1. The van der Waals surface area contributed by atoms with Gasteiger partial charge in [0.05, 0.1) is 5.92 Å². The summed E-state index contributed by atoms with van der Waals surface area (Å²) in [5.41, 5.74) is 5.51. The van der Waals surface area contributed by atoms with Gasteiger partial charge in [-0.2, -0.15) is 0 Å². The Morgan fingerprint density at radius 2 is 1.51 bits per heavy atom. The topological polar surface area (TPSA) is 95.9 Å². The van der Waals surface area contributed by atoms with Crippen molar-refractivity contribution in [2.24, 2.45) is 5.92 Å². The van der Waals surface area contributed by atoms with E-state index in [0.717, 1.165) is 22.3 Å². The molecule has 1 aliphatic carbocycles. The lowest BCUT2D eigenvalue weighted by molar-refractivity contribution is -0.143. The van der Waals surface area contributed by atoms with Gasteiger partial charge < -0.3 is 14.7 Å². The van der Waals surface area contributed by atoms with Crippen molar-refractivity contribution in [3.05, 3.63) is 89.5 Å². The Balaban J connectivity index is 1.21. The number of nitrogens with zero attached hydrogens (tertiary/aromatic N) is 1. The van der Waals surface area contributed by atoms with Crippen LogP contribution in [0.2, 0.25) is 0 Å². The molecular formula is C28H26N2O5. The number of benzene rings is 3. The second-order valence-electron chi connectivity index (χ2n) is 8.94. The molecule has 1 heterocycles. The molecule has 0 atom stereocenters. The second-order valence-corrected chi connectivity index (χ2v) is 8.94. The first-order chi connectivity index (χ1) is 17.0. The Labute approximate surface area is 203 Å². The third-order valence-corrected chi connectivity index (χ3v) is 6.83. The van der Waals surface area contributed by atoms with E-state index in [4.69, 9.17) is 9.84 Å². The number of fused-ring (bicyclic) bond motifs is 3. The molecule has 0 bridgehead atoms. The summed E-state index contributed by atoms with van der Waals surface area (Å²) in [7, 11) is 0. The van der Waals surface area contributed by atoms with Crippen LogP contribution < -0.4 is 5.32 Å². The van der Waals surface area contributed by atoms with Gasteiger partial charge in [-0.1, -0.05) is 54.6 Å². The summed E-state index contributed by atoms with van der Waals surface area (Å²) < 4.78 is 5.59. The van der Waals surface area contributed by atoms with Crippen LogP contribution in [0.1, 0.15) is 40.2 Å². The van der Waals surface area contributed by atoms with Crippen LogP contribution in [0.4, 0.5) is 10.5 Å². The number of hydrogen-bond acceptors (Lipinski definition) is 4. The normalized spacial score (nSPS) is 15.3. The maximum Gasteiger partial charge on any atom is 0.411 e. The standard InChI is InChI=1S/C28H26N2O5/c31-26(30-14-12-18(13-15-30)27(32)33)19-6-5-7-20(16-19)29-28(34)35-17-25-23-10-3-1-8-21(23)22-9-2-4-11-24(22)25/h1-11,16,18,25H,12-15,17H2,(H,29,34)(H,32,33). The number of piperidine rings is 1. The van der Waals surface area contributed by atoms with E-state index in [0.29, 0.717) is 37.2 Å². The molecule has 1 saturated heterocycles. The summed E-state index contributed by atoms with van der Waals surface area (Å²) in [5, 5.41) is 11.9. The van der Waals surface area contributed by atoms with E-state index in [2.05, 4.69) is 29.6 Å². The SMILES string of the molecule is O=C(Nc1cccc(C(=O)N2CCC(C(=O)O)CC2)c1)OCC1c2ccccc2-c2ccccc21. The minimum absolute atomic E-state index is 0.0326. The quantitative estimate of drug-likeness (QED) is 0.548. The van der Waals surface area contributed by atoms with Gasteiger partial charge in [0.25, 0.3) is 5.91 Å². The molecule has 2 aliphatic rings. The Kier molecular flexibility index (Phi) is 6.23. The Hall–Kier alpha value is -4.13. The van der Waals surface area contributed by atoms with Gasteiger partial charge >= 0.3 is 12.1 Å². The summed E-state index contributed by atoms with van der Waals surface area (Å²) in [6.07, 6.45) is 0.302. The van der Waals surface area contributed by atoms with Crippen molar-refractivity contribution in [2.45, 2.75) is 18.8 Å². The van der Waals surface area contributed by atoms with E-state index in [9.17, 15) is 14.4 Å². The summed E-state index contributed by atoms with van der Waals surface area (Å²) in [5.74, 6) is -1.42. The average molecular weight is 471 g/mol. The number of carbonyl (C=O) groups excluding carboxylic acids is 2. The molecule has 178 valence electrons. The first-order valence-corrected chi connectivity index (χ1v) is 11.8. The number of likely N-dealkylation sites (tertiary alicyclic amines) is 1. The Morgan fingerprint density at radius 3 is 2.14 bits per heavy atom. The molecule has 0 saturated carbocycles. The fraction of sp³-hybridized carbons (Fsp3) is 0.250. The van der Waals surface area contributed by atoms with Crippen molar-refractivity contribution in [1.82, 2.24) is 4.90 Å². The molecule has 0 radical (unpaired) electrons. The van der Waals surface area contributed by atoms with E-state index in [-0.39, 0.29) is 18.4 Å². The molecular weight excluding hydrogens is 444 g/mol. The number of carboxylic acids is 1. The lowest BCUT2D eigenvalue weighted by atomic mass is 9.96. The molecule has 7 heteroatoms. The third-order valence-electron chi connectivity index (χ3n) is 6.83. The second kappa shape index (κ2) is 9.62. The number of amides is 2. The highest BCUT2D eigenvalue weighted by Gasteiger charge is 2.29. The molecule has 0 unspecified atom stereocenters. The summed E-state index contributed by atoms with van der Waals surface area (Å²) >= 11 is 0. The number of carbonyl (C=O) groups is 3. The highest BCUT2D eigenvalue weighted by atomic mass is 16.5. The molecule has 2 amide bonds. The van der Waals surface area contributed by atoms with Gasteiger partial charge in [-0.3, -0.25) is 14.9 Å². The molecule has 0 spiro atoms. The van der Waals surface area contributed by atoms with E-state index >= 15 is 0 Å². The average Bonchev–Trinajstić information content (AvgIpc) is 3.21. The van der Waals surface area contributed by atoms with Crippen molar-refractivity contribution >= 4 is 23.7 Å². The van der Waals surface area contributed by atoms with Crippen molar-refractivity contribution < 1.29 is 24.2 Å². The number of aliphatic carboxylic acids is 1. The number of ether oxygens (including phenoxy) is 1. The zero-order valence-electron chi connectivity index (χ0n) is 19.1. The highest BCUT2D eigenvalue weighted by Crippen LogP contribution is 2.44. The Morgan fingerprint density at radius 1 is 0.886 bits per heavy atom. The minimum Gasteiger partial charge on any atom is -0.481 e. The predicted molar refractivity (Wildman–Crippen MR) is 131 cm³/mol. The number of carboxylic acid groups (broad SMARTS) is 1. The van der Waals surface area contributed by atoms with Crippen LogP contribution in [-0.2, 0) is 9.53 Å². The van der Waals surface area contributed by atoms with Crippen molar-refractivity contribution in [2.75, 3.05) is 25.0 Å². The van der Waals surface area contributed by atoms with Gasteiger partial charge in [-0.05, 0) is 53.3 Å². The molecule has 2 N–H and O–H groups in total. The minimum atomic E-state index is -0.814. The molecule has 1 aliphatic heterocycles. The van der Waals surface area contributed by atoms with Gasteiger partial charge in [0.15, 0.2) is 0 Å². The molecule has 3 aromatic rings. The molecule has 3 aromatic carbocycles. The maximum absolute atomic E-state index is 12.9. The van der Waals surface area contributed by atoms with Crippen LogP contribution in [0, 0.1) is 5.92 Å². The van der Waals surface area contributed by atoms with E-state index < -0.39 is 18.0 Å². The van der Waals surface area contributed by atoms with Crippen LogP contribution >= 0.6 is 0 Å².